The van der Waals surface area contributed by atoms with E-state index in [2.05, 4.69) is 41.4 Å². The van der Waals surface area contributed by atoms with Crippen LogP contribution in [0.2, 0.25) is 0 Å². The maximum absolute atomic E-state index is 4.61. The maximum Gasteiger partial charge on any atom is 0.185 e. The fourth-order valence-electron chi connectivity index (χ4n) is 2.30. The Labute approximate surface area is 108 Å². The number of nitrogens with one attached hydrogen (secondary N) is 1. The van der Waals surface area contributed by atoms with Gasteiger partial charge in [0.1, 0.15) is 0 Å². The van der Waals surface area contributed by atoms with E-state index in [0.29, 0.717) is 12.1 Å². The number of aromatic nitrogens is 1. The summed E-state index contributed by atoms with van der Waals surface area (Å²) in [7, 11) is 0. The van der Waals surface area contributed by atoms with E-state index in [1.807, 2.05) is 0 Å². The molecule has 1 fully saturated rings. The van der Waals surface area contributed by atoms with Crippen molar-refractivity contribution in [1.82, 2.24) is 10.3 Å². The first-order valence-corrected chi connectivity index (χ1v) is 7.47. The number of rotatable bonds is 4. The molecule has 1 atom stereocenters. The van der Waals surface area contributed by atoms with Crippen LogP contribution in [0.1, 0.15) is 38.8 Å². The highest BCUT2D eigenvalue weighted by Gasteiger charge is 2.20. The highest BCUT2D eigenvalue weighted by molar-refractivity contribution is 7.13. The zero-order valence-corrected chi connectivity index (χ0v) is 11.9. The Hall–Kier alpha value is -0.610. The summed E-state index contributed by atoms with van der Waals surface area (Å²) in [5.74, 6) is 0. The van der Waals surface area contributed by atoms with E-state index < -0.39 is 0 Å². The van der Waals surface area contributed by atoms with Crippen LogP contribution in [-0.2, 0) is 0 Å². The van der Waals surface area contributed by atoms with Crippen LogP contribution in [0.3, 0.4) is 0 Å². The molecule has 96 valence electrons. The predicted octanol–water partition coefficient (Wildman–Crippen LogP) is 2.81. The van der Waals surface area contributed by atoms with Crippen LogP contribution in [0.4, 0.5) is 5.13 Å². The summed E-state index contributed by atoms with van der Waals surface area (Å²) in [6.07, 6.45) is 3.99. The van der Waals surface area contributed by atoms with Crippen molar-refractivity contribution >= 4 is 16.5 Å². The van der Waals surface area contributed by atoms with Crippen LogP contribution in [-0.4, -0.2) is 30.2 Å². The minimum atomic E-state index is 0.518. The quantitative estimate of drug-likeness (QED) is 0.894. The van der Waals surface area contributed by atoms with Gasteiger partial charge in [-0.2, -0.15) is 0 Å². The molecule has 0 saturated carbocycles. The Morgan fingerprint density at radius 1 is 1.53 bits per heavy atom. The van der Waals surface area contributed by atoms with Gasteiger partial charge in [0, 0.05) is 24.0 Å². The van der Waals surface area contributed by atoms with Crippen molar-refractivity contribution in [2.75, 3.05) is 18.0 Å². The van der Waals surface area contributed by atoms with Gasteiger partial charge in [-0.05, 0) is 40.2 Å². The smallest absolute Gasteiger partial charge is 0.185 e. The second-order valence-electron chi connectivity index (χ2n) is 5.16. The molecule has 1 aliphatic heterocycles. The van der Waals surface area contributed by atoms with E-state index in [4.69, 9.17) is 0 Å². The summed E-state index contributed by atoms with van der Waals surface area (Å²) in [5.41, 5.74) is 1.13. The van der Waals surface area contributed by atoms with Gasteiger partial charge in [-0.25, -0.2) is 4.98 Å². The van der Waals surface area contributed by atoms with Crippen molar-refractivity contribution < 1.29 is 0 Å². The minimum absolute atomic E-state index is 0.518. The van der Waals surface area contributed by atoms with Crippen molar-refractivity contribution in [2.24, 2.45) is 0 Å². The number of piperidine rings is 1. The number of anilines is 1. The fraction of sp³-hybridized carbons (Fsp3) is 0.769. The van der Waals surface area contributed by atoms with Crippen LogP contribution in [0.25, 0.3) is 0 Å². The number of hydrogen-bond donors (Lipinski definition) is 1. The van der Waals surface area contributed by atoms with Gasteiger partial charge < -0.3 is 10.2 Å². The minimum Gasteiger partial charge on any atom is -0.344 e. The van der Waals surface area contributed by atoms with Crippen molar-refractivity contribution in [3.8, 4) is 0 Å². The van der Waals surface area contributed by atoms with Gasteiger partial charge in [-0.1, -0.05) is 6.42 Å². The predicted molar refractivity (Wildman–Crippen MR) is 75.0 cm³/mol. The molecule has 4 heteroatoms. The number of aryl methyl sites for hydroxylation is 1. The van der Waals surface area contributed by atoms with E-state index in [-0.39, 0.29) is 0 Å². The van der Waals surface area contributed by atoms with Gasteiger partial charge in [0.2, 0.25) is 0 Å². The number of nitrogens with zero attached hydrogens (tertiary/aromatic N) is 2. The molecule has 0 aliphatic carbocycles. The first-order chi connectivity index (χ1) is 8.16. The topological polar surface area (TPSA) is 28.2 Å². The van der Waals surface area contributed by atoms with Crippen LogP contribution in [0, 0.1) is 6.92 Å². The molecular weight excluding hydrogens is 230 g/mol. The molecule has 1 aliphatic rings. The number of hydrogen-bond acceptors (Lipinski definition) is 4. The van der Waals surface area contributed by atoms with E-state index in [1.54, 1.807) is 11.3 Å². The van der Waals surface area contributed by atoms with Gasteiger partial charge in [-0.15, -0.1) is 11.3 Å². The molecule has 2 heterocycles. The standard InChI is InChI=1S/C13H23N3S/c1-10(2)16(13-15-11(3)9-17-13)8-12-6-4-5-7-14-12/h9-10,12,14H,4-8H2,1-3H3. The van der Waals surface area contributed by atoms with Gasteiger partial charge in [0.25, 0.3) is 0 Å². The molecule has 0 radical (unpaired) electrons. The third-order valence-corrected chi connectivity index (χ3v) is 4.30. The van der Waals surface area contributed by atoms with E-state index in [0.717, 1.165) is 12.2 Å². The maximum atomic E-state index is 4.61. The lowest BCUT2D eigenvalue weighted by Crippen LogP contribution is -2.46. The lowest BCUT2D eigenvalue weighted by Gasteiger charge is -2.33. The molecule has 0 amide bonds. The van der Waals surface area contributed by atoms with Crippen molar-refractivity contribution in [2.45, 2.75) is 52.1 Å². The molecule has 1 N–H and O–H groups in total. The normalized spacial score (nSPS) is 20.8. The Kier molecular flexibility index (Phi) is 4.40. The zero-order valence-electron chi connectivity index (χ0n) is 11.1. The Morgan fingerprint density at radius 2 is 2.35 bits per heavy atom. The molecule has 17 heavy (non-hydrogen) atoms. The molecule has 1 saturated heterocycles. The lowest BCUT2D eigenvalue weighted by atomic mass is 10.0. The molecule has 0 spiro atoms. The summed E-state index contributed by atoms with van der Waals surface area (Å²) in [5, 5.41) is 6.93. The highest BCUT2D eigenvalue weighted by Crippen LogP contribution is 2.23. The largest absolute Gasteiger partial charge is 0.344 e. The van der Waals surface area contributed by atoms with Gasteiger partial charge in [-0.3, -0.25) is 0 Å². The van der Waals surface area contributed by atoms with Crippen molar-refractivity contribution in [3.63, 3.8) is 0 Å². The van der Waals surface area contributed by atoms with Crippen LogP contribution >= 0.6 is 11.3 Å². The molecule has 3 nitrogen and oxygen atoms in total. The van der Waals surface area contributed by atoms with Crippen LogP contribution in [0.5, 0.6) is 0 Å². The highest BCUT2D eigenvalue weighted by atomic mass is 32.1. The Bertz CT molecular complexity index is 342. The summed E-state index contributed by atoms with van der Waals surface area (Å²) < 4.78 is 0. The van der Waals surface area contributed by atoms with Gasteiger partial charge >= 0.3 is 0 Å². The summed E-state index contributed by atoms with van der Waals surface area (Å²) >= 11 is 1.76. The van der Waals surface area contributed by atoms with E-state index in [1.165, 1.54) is 30.9 Å². The Morgan fingerprint density at radius 3 is 2.88 bits per heavy atom. The average Bonchev–Trinajstić information content (AvgIpc) is 2.73. The SMILES string of the molecule is Cc1csc(N(CC2CCCCN2)C(C)C)n1. The zero-order chi connectivity index (χ0) is 12.3. The first kappa shape index (κ1) is 12.8. The van der Waals surface area contributed by atoms with E-state index >= 15 is 0 Å². The van der Waals surface area contributed by atoms with Gasteiger partial charge in [0.05, 0.1) is 5.69 Å². The molecule has 1 unspecified atom stereocenters. The van der Waals surface area contributed by atoms with Crippen molar-refractivity contribution in [1.29, 1.82) is 0 Å². The molecule has 2 rings (SSSR count). The monoisotopic (exact) mass is 253 g/mol. The molecular formula is C13H23N3S. The average molecular weight is 253 g/mol. The summed E-state index contributed by atoms with van der Waals surface area (Å²) in [6, 6.07) is 1.15. The second-order valence-corrected chi connectivity index (χ2v) is 6.00. The number of thiazole rings is 1. The van der Waals surface area contributed by atoms with Crippen molar-refractivity contribution in [3.05, 3.63) is 11.1 Å². The lowest BCUT2D eigenvalue weighted by molar-refractivity contribution is 0.393. The molecule has 0 aromatic carbocycles. The molecule has 0 bridgehead atoms. The summed E-state index contributed by atoms with van der Waals surface area (Å²) in [4.78, 5) is 7.05. The van der Waals surface area contributed by atoms with Crippen LogP contribution in [0.15, 0.2) is 5.38 Å². The molecule has 1 aromatic heterocycles. The molecule has 1 aromatic rings. The van der Waals surface area contributed by atoms with Crippen LogP contribution < -0.4 is 10.2 Å². The van der Waals surface area contributed by atoms with E-state index in [9.17, 15) is 0 Å². The second kappa shape index (κ2) is 5.83. The third-order valence-electron chi connectivity index (χ3n) is 3.31. The third kappa shape index (κ3) is 3.42. The first-order valence-electron chi connectivity index (χ1n) is 6.59. The Balaban J connectivity index is 2.01. The fourth-order valence-corrected chi connectivity index (χ4v) is 3.25. The van der Waals surface area contributed by atoms with Gasteiger partial charge in [0.15, 0.2) is 5.13 Å². The summed E-state index contributed by atoms with van der Waals surface area (Å²) in [6.45, 7) is 8.83.